The maximum atomic E-state index is 12.7. The van der Waals surface area contributed by atoms with E-state index in [2.05, 4.69) is 10.3 Å². The molecule has 0 aliphatic carbocycles. The zero-order valence-corrected chi connectivity index (χ0v) is 14.5. The molecule has 126 valence electrons. The quantitative estimate of drug-likeness (QED) is 0.746. The number of benzene rings is 2. The molecule has 0 atom stereocenters. The predicted octanol–water partition coefficient (Wildman–Crippen LogP) is 4.34. The van der Waals surface area contributed by atoms with Gasteiger partial charge in [0.1, 0.15) is 0 Å². The summed E-state index contributed by atoms with van der Waals surface area (Å²) < 4.78 is 1.94. The number of urea groups is 1. The normalized spacial score (nSPS) is 13.0. The lowest BCUT2D eigenvalue weighted by Crippen LogP contribution is -2.33. The van der Waals surface area contributed by atoms with Crippen molar-refractivity contribution < 1.29 is 4.79 Å². The highest BCUT2D eigenvalue weighted by molar-refractivity contribution is 6.31. The Morgan fingerprint density at radius 1 is 1.24 bits per heavy atom. The first kappa shape index (κ1) is 15.7. The van der Waals surface area contributed by atoms with Gasteiger partial charge in [-0.1, -0.05) is 29.8 Å². The first-order valence-electron chi connectivity index (χ1n) is 8.05. The summed E-state index contributed by atoms with van der Waals surface area (Å²) in [7, 11) is 1.94. The Bertz CT molecular complexity index is 950. The maximum absolute atomic E-state index is 12.7. The minimum absolute atomic E-state index is 0.150. The molecule has 25 heavy (non-hydrogen) atoms. The molecule has 0 spiro atoms. The number of rotatable bonds is 2. The Kier molecular flexibility index (Phi) is 3.93. The number of aryl methyl sites for hydroxylation is 1. The van der Waals surface area contributed by atoms with Gasteiger partial charge in [0.05, 0.1) is 23.9 Å². The molecule has 2 aromatic carbocycles. The van der Waals surface area contributed by atoms with Gasteiger partial charge in [-0.15, -0.1) is 0 Å². The van der Waals surface area contributed by atoms with Gasteiger partial charge in [-0.2, -0.15) is 0 Å². The summed E-state index contributed by atoms with van der Waals surface area (Å²) in [6.07, 6.45) is 4.40. The summed E-state index contributed by atoms with van der Waals surface area (Å²) in [6.45, 7) is 0.656. The van der Waals surface area contributed by atoms with Crippen LogP contribution in [0.4, 0.5) is 16.2 Å². The van der Waals surface area contributed by atoms with Crippen LogP contribution in [0.1, 0.15) is 5.56 Å². The molecule has 0 radical (unpaired) electrons. The van der Waals surface area contributed by atoms with E-state index in [1.807, 2.05) is 54.1 Å². The number of carbonyl (C=O) groups excluding carboxylic acids is 1. The molecule has 1 aliphatic rings. The van der Waals surface area contributed by atoms with Crippen LogP contribution in [0, 0.1) is 0 Å². The molecule has 0 fully saturated rings. The molecule has 0 saturated carbocycles. The Balaban J connectivity index is 1.57. The number of nitrogens with zero attached hydrogens (tertiary/aromatic N) is 3. The van der Waals surface area contributed by atoms with Crippen molar-refractivity contribution in [3.63, 3.8) is 0 Å². The van der Waals surface area contributed by atoms with Gasteiger partial charge in [-0.05, 0) is 36.2 Å². The number of nitrogens with one attached hydrogen (secondary N) is 1. The van der Waals surface area contributed by atoms with Crippen LogP contribution in [0.15, 0.2) is 55.0 Å². The monoisotopic (exact) mass is 352 g/mol. The van der Waals surface area contributed by atoms with Crippen molar-refractivity contribution in [2.75, 3.05) is 16.8 Å². The van der Waals surface area contributed by atoms with Crippen molar-refractivity contribution in [1.82, 2.24) is 9.55 Å². The number of aromatic nitrogens is 2. The Labute approximate surface area is 150 Å². The van der Waals surface area contributed by atoms with E-state index in [0.29, 0.717) is 11.6 Å². The van der Waals surface area contributed by atoms with Crippen molar-refractivity contribution in [2.24, 2.45) is 7.05 Å². The molecule has 1 aromatic heterocycles. The Morgan fingerprint density at radius 3 is 2.92 bits per heavy atom. The first-order chi connectivity index (χ1) is 12.1. The lowest BCUT2D eigenvalue weighted by atomic mass is 10.1. The SMILES string of the molecule is Cn1cncc1-c1cccc(NC(=O)N2CCc3ccc(Cl)cc32)c1. The lowest BCUT2D eigenvalue weighted by Gasteiger charge is -2.18. The standard InChI is InChI=1S/C19H17ClN4O/c1-23-12-21-11-18(23)14-3-2-4-16(9-14)22-19(25)24-8-7-13-5-6-15(20)10-17(13)24/h2-6,9-12H,7-8H2,1H3,(H,22,25). The maximum Gasteiger partial charge on any atom is 0.326 e. The van der Waals surface area contributed by atoms with Gasteiger partial charge in [0.2, 0.25) is 0 Å². The van der Waals surface area contributed by atoms with Crippen molar-refractivity contribution in [1.29, 1.82) is 0 Å². The lowest BCUT2D eigenvalue weighted by molar-refractivity contribution is 0.257. The third kappa shape index (κ3) is 2.98. The minimum Gasteiger partial charge on any atom is -0.334 e. The van der Waals surface area contributed by atoms with Crippen LogP contribution in [0.2, 0.25) is 5.02 Å². The number of halogens is 1. The van der Waals surface area contributed by atoms with Gasteiger partial charge in [-0.3, -0.25) is 4.90 Å². The van der Waals surface area contributed by atoms with E-state index in [-0.39, 0.29) is 6.03 Å². The highest BCUT2D eigenvalue weighted by Gasteiger charge is 2.25. The number of anilines is 2. The van der Waals surface area contributed by atoms with Crippen molar-refractivity contribution in [3.05, 3.63) is 65.6 Å². The fourth-order valence-corrected chi connectivity index (χ4v) is 3.31. The van der Waals surface area contributed by atoms with E-state index in [0.717, 1.165) is 34.6 Å². The van der Waals surface area contributed by atoms with Crippen LogP contribution in [-0.2, 0) is 13.5 Å². The van der Waals surface area contributed by atoms with Gasteiger partial charge < -0.3 is 9.88 Å². The number of fused-ring (bicyclic) bond motifs is 1. The van der Waals surface area contributed by atoms with Crippen molar-refractivity contribution in [3.8, 4) is 11.3 Å². The molecule has 4 rings (SSSR count). The second-order valence-electron chi connectivity index (χ2n) is 6.08. The van der Waals surface area contributed by atoms with Gasteiger partial charge >= 0.3 is 6.03 Å². The summed E-state index contributed by atoms with van der Waals surface area (Å²) in [6, 6.07) is 13.3. The minimum atomic E-state index is -0.150. The molecule has 2 heterocycles. The highest BCUT2D eigenvalue weighted by atomic mass is 35.5. The van der Waals surface area contributed by atoms with E-state index in [4.69, 9.17) is 11.6 Å². The summed E-state index contributed by atoms with van der Waals surface area (Å²) in [5.74, 6) is 0. The molecule has 1 N–H and O–H groups in total. The molecule has 0 bridgehead atoms. The fourth-order valence-electron chi connectivity index (χ4n) is 3.15. The van der Waals surface area contributed by atoms with Crippen LogP contribution in [-0.4, -0.2) is 22.1 Å². The van der Waals surface area contributed by atoms with Gasteiger partial charge in [-0.25, -0.2) is 9.78 Å². The van der Waals surface area contributed by atoms with E-state index >= 15 is 0 Å². The second-order valence-corrected chi connectivity index (χ2v) is 6.51. The Morgan fingerprint density at radius 2 is 2.12 bits per heavy atom. The molecule has 5 nitrogen and oxygen atoms in total. The third-order valence-corrected chi connectivity index (χ3v) is 4.65. The number of imidazole rings is 1. The summed E-state index contributed by atoms with van der Waals surface area (Å²) in [4.78, 5) is 18.6. The zero-order valence-electron chi connectivity index (χ0n) is 13.7. The van der Waals surface area contributed by atoms with Gasteiger partial charge in [0.25, 0.3) is 0 Å². The van der Waals surface area contributed by atoms with Crippen LogP contribution in [0.3, 0.4) is 0 Å². The second kappa shape index (κ2) is 6.26. The summed E-state index contributed by atoms with van der Waals surface area (Å²) in [5, 5.41) is 3.62. The average Bonchev–Trinajstić information content (AvgIpc) is 3.20. The van der Waals surface area contributed by atoms with Crippen LogP contribution in [0.25, 0.3) is 11.3 Å². The molecule has 1 aliphatic heterocycles. The molecule has 3 aromatic rings. The van der Waals surface area contributed by atoms with E-state index < -0.39 is 0 Å². The summed E-state index contributed by atoms with van der Waals surface area (Å²) >= 11 is 6.08. The molecule has 6 heteroatoms. The van der Waals surface area contributed by atoms with Crippen molar-refractivity contribution >= 4 is 29.0 Å². The largest absolute Gasteiger partial charge is 0.334 e. The van der Waals surface area contributed by atoms with Gasteiger partial charge in [0.15, 0.2) is 0 Å². The number of carbonyl (C=O) groups is 1. The number of hydrogen-bond acceptors (Lipinski definition) is 2. The number of hydrogen-bond donors (Lipinski definition) is 1. The smallest absolute Gasteiger partial charge is 0.326 e. The fraction of sp³-hybridized carbons (Fsp3) is 0.158. The van der Waals surface area contributed by atoms with Gasteiger partial charge in [0, 0.05) is 29.9 Å². The van der Waals surface area contributed by atoms with E-state index in [1.54, 1.807) is 17.4 Å². The molecule has 0 unspecified atom stereocenters. The molecule has 2 amide bonds. The molecular weight excluding hydrogens is 336 g/mol. The van der Waals surface area contributed by atoms with Crippen molar-refractivity contribution in [2.45, 2.75) is 6.42 Å². The van der Waals surface area contributed by atoms with Crippen LogP contribution >= 0.6 is 11.6 Å². The molecular formula is C19H17ClN4O. The highest BCUT2D eigenvalue weighted by Crippen LogP contribution is 2.31. The van der Waals surface area contributed by atoms with E-state index in [9.17, 15) is 4.79 Å². The molecule has 0 saturated heterocycles. The third-order valence-electron chi connectivity index (χ3n) is 4.41. The number of amides is 2. The topological polar surface area (TPSA) is 50.2 Å². The summed E-state index contributed by atoms with van der Waals surface area (Å²) in [5.41, 5.74) is 4.77. The van der Waals surface area contributed by atoms with E-state index in [1.165, 1.54) is 0 Å². The van der Waals surface area contributed by atoms with Crippen LogP contribution in [0.5, 0.6) is 0 Å². The first-order valence-corrected chi connectivity index (χ1v) is 8.43. The predicted molar refractivity (Wildman–Crippen MR) is 100 cm³/mol. The van der Waals surface area contributed by atoms with Crippen LogP contribution < -0.4 is 10.2 Å². The zero-order chi connectivity index (χ0) is 17.4. The average molecular weight is 353 g/mol. The Hall–Kier alpha value is -2.79.